The lowest BCUT2D eigenvalue weighted by atomic mass is 9.96. The molecule has 0 spiro atoms. The lowest BCUT2D eigenvalue weighted by Crippen LogP contribution is -2.22. The zero-order valence-electron chi connectivity index (χ0n) is 18.2. The van der Waals surface area contributed by atoms with Gasteiger partial charge in [0.1, 0.15) is 0 Å². The first-order chi connectivity index (χ1) is 14.6. The molecule has 1 aromatic heterocycles. The number of carbonyl (C=O) groups is 1. The summed E-state index contributed by atoms with van der Waals surface area (Å²) in [5, 5.41) is 4.20. The number of fused-ring (bicyclic) bond motifs is 3. The van der Waals surface area contributed by atoms with Crippen molar-refractivity contribution in [2.45, 2.75) is 53.2 Å². The SMILES string of the molecule is CCN(CC)c1ccc(NC(=O)OCn2c3c(c4ccccc42)CCCC3)c(C)c1. The summed E-state index contributed by atoms with van der Waals surface area (Å²) in [6.07, 6.45) is 4.14. The van der Waals surface area contributed by atoms with E-state index in [0.29, 0.717) is 0 Å². The highest BCUT2D eigenvalue weighted by Gasteiger charge is 2.20. The molecule has 1 amide bonds. The molecule has 5 heteroatoms. The maximum atomic E-state index is 12.5. The van der Waals surface area contributed by atoms with E-state index in [1.54, 1.807) is 0 Å². The second-order valence-electron chi connectivity index (χ2n) is 7.93. The molecule has 0 atom stereocenters. The fourth-order valence-corrected chi connectivity index (χ4v) is 4.58. The number of benzene rings is 2. The van der Waals surface area contributed by atoms with Crippen LogP contribution in [0.1, 0.15) is 43.5 Å². The van der Waals surface area contributed by atoms with Crippen LogP contribution in [0, 0.1) is 6.92 Å². The van der Waals surface area contributed by atoms with Crippen LogP contribution in [0.25, 0.3) is 10.9 Å². The van der Waals surface area contributed by atoms with Crippen LogP contribution in [0.3, 0.4) is 0 Å². The minimum absolute atomic E-state index is 0.234. The predicted octanol–water partition coefficient (Wildman–Crippen LogP) is 5.88. The van der Waals surface area contributed by atoms with Gasteiger partial charge in [0.15, 0.2) is 6.73 Å². The fourth-order valence-electron chi connectivity index (χ4n) is 4.58. The number of hydrogen-bond acceptors (Lipinski definition) is 3. The summed E-state index contributed by atoms with van der Waals surface area (Å²) >= 11 is 0. The van der Waals surface area contributed by atoms with Crippen molar-refractivity contribution in [2.24, 2.45) is 0 Å². The molecule has 30 heavy (non-hydrogen) atoms. The number of aromatic nitrogens is 1. The molecule has 1 aliphatic rings. The third-order valence-corrected chi connectivity index (χ3v) is 6.18. The molecule has 4 rings (SSSR count). The van der Waals surface area contributed by atoms with Gasteiger partial charge in [-0.1, -0.05) is 18.2 Å². The highest BCUT2D eigenvalue weighted by molar-refractivity contribution is 5.87. The van der Waals surface area contributed by atoms with Gasteiger partial charge in [-0.05, 0) is 81.8 Å². The molecule has 5 nitrogen and oxygen atoms in total. The number of carbonyl (C=O) groups excluding carboxylic acids is 1. The van der Waals surface area contributed by atoms with Gasteiger partial charge in [-0.3, -0.25) is 5.32 Å². The van der Waals surface area contributed by atoms with Crippen LogP contribution >= 0.6 is 0 Å². The Labute approximate surface area is 178 Å². The van der Waals surface area contributed by atoms with Crippen molar-refractivity contribution in [2.75, 3.05) is 23.3 Å². The van der Waals surface area contributed by atoms with Gasteiger partial charge in [0, 0.05) is 35.5 Å². The Morgan fingerprint density at radius 3 is 2.63 bits per heavy atom. The lowest BCUT2D eigenvalue weighted by Gasteiger charge is -2.22. The number of nitrogens with zero attached hydrogens (tertiary/aromatic N) is 2. The first-order valence-corrected chi connectivity index (χ1v) is 11.0. The number of nitrogens with one attached hydrogen (secondary N) is 1. The molecule has 2 aromatic carbocycles. The van der Waals surface area contributed by atoms with Gasteiger partial charge in [-0.25, -0.2) is 4.79 Å². The van der Waals surface area contributed by atoms with Gasteiger partial charge in [-0.2, -0.15) is 0 Å². The summed E-state index contributed by atoms with van der Waals surface area (Å²) in [5.41, 5.74) is 6.87. The summed E-state index contributed by atoms with van der Waals surface area (Å²) < 4.78 is 7.81. The minimum atomic E-state index is -0.420. The molecule has 1 aliphatic carbocycles. The number of ether oxygens (including phenoxy) is 1. The molecule has 3 aromatic rings. The molecular weight excluding hydrogens is 374 g/mol. The molecule has 0 saturated carbocycles. The average Bonchev–Trinajstić information content (AvgIpc) is 3.09. The number of hydrogen-bond donors (Lipinski definition) is 1. The van der Waals surface area contributed by atoms with Gasteiger partial charge >= 0.3 is 6.09 Å². The summed E-state index contributed by atoms with van der Waals surface area (Å²) in [6, 6.07) is 14.5. The quantitative estimate of drug-likeness (QED) is 0.557. The molecule has 0 unspecified atom stereocenters. The van der Waals surface area contributed by atoms with Crippen molar-refractivity contribution in [1.82, 2.24) is 4.57 Å². The van der Waals surface area contributed by atoms with E-state index < -0.39 is 6.09 Å². The first kappa shape index (κ1) is 20.3. The number of anilines is 2. The zero-order chi connectivity index (χ0) is 21.1. The number of para-hydroxylation sites is 1. The predicted molar refractivity (Wildman–Crippen MR) is 123 cm³/mol. The molecule has 0 bridgehead atoms. The Balaban J connectivity index is 1.47. The molecule has 1 N–H and O–H groups in total. The Morgan fingerprint density at radius 1 is 1.10 bits per heavy atom. The van der Waals surface area contributed by atoms with E-state index in [-0.39, 0.29) is 6.73 Å². The monoisotopic (exact) mass is 405 g/mol. The van der Waals surface area contributed by atoms with Crippen molar-refractivity contribution in [3.05, 3.63) is 59.3 Å². The zero-order valence-corrected chi connectivity index (χ0v) is 18.2. The van der Waals surface area contributed by atoms with Crippen molar-refractivity contribution < 1.29 is 9.53 Å². The summed E-state index contributed by atoms with van der Waals surface area (Å²) in [5.74, 6) is 0. The molecular formula is C25H31N3O2. The Bertz CT molecular complexity index is 1050. The van der Waals surface area contributed by atoms with Crippen LogP contribution in [0.4, 0.5) is 16.2 Å². The second-order valence-corrected chi connectivity index (χ2v) is 7.93. The molecule has 0 radical (unpaired) electrons. The van der Waals surface area contributed by atoms with Gasteiger partial charge in [0.2, 0.25) is 0 Å². The smallest absolute Gasteiger partial charge is 0.413 e. The van der Waals surface area contributed by atoms with E-state index in [2.05, 4.69) is 52.9 Å². The van der Waals surface area contributed by atoms with Gasteiger partial charge in [0.25, 0.3) is 0 Å². The Kier molecular flexibility index (Phi) is 5.98. The van der Waals surface area contributed by atoms with Crippen LogP contribution < -0.4 is 10.2 Å². The first-order valence-electron chi connectivity index (χ1n) is 11.0. The van der Waals surface area contributed by atoms with E-state index in [4.69, 9.17) is 4.74 Å². The second kappa shape index (κ2) is 8.82. The van der Waals surface area contributed by atoms with Crippen LogP contribution in [0.15, 0.2) is 42.5 Å². The van der Waals surface area contributed by atoms with Crippen molar-refractivity contribution >= 4 is 28.4 Å². The summed E-state index contributed by atoms with van der Waals surface area (Å²) in [6.45, 7) is 8.45. The summed E-state index contributed by atoms with van der Waals surface area (Å²) in [4.78, 5) is 14.8. The van der Waals surface area contributed by atoms with Crippen molar-refractivity contribution in [1.29, 1.82) is 0 Å². The molecule has 0 saturated heterocycles. The minimum Gasteiger partial charge on any atom is -0.428 e. The maximum Gasteiger partial charge on any atom is 0.413 e. The van der Waals surface area contributed by atoms with Gasteiger partial charge in [-0.15, -0.1) is 0 Å². The van der Waals surface area contributed by atoms with Crippen molar-refractivity contribution in [3.63, 3.8) is 0 Å². The van der Waals surface area contributed by atoms with E-state index in [0.717, 1.165) is 42.7 Å². The number of rotatable bonds is 6. The van der Waals surface area contributed by atoms with E-state index in [9.17, 15) is 4.79 Å². The largest absolute Gasteiger partial charge is 0.428 e. The highest BCUT2D eigenvalue weighted by Crippen LogP contribution is 2.32. The van der Waals surface area contributed by atoms with E-state index in [1.165, 1.54) is 35.2 Å². The molecule has 158 valence electrons. The standard InChI is InChI=1S/C25H31N3O2/c1-4-27(5-2)19-14-15-22(18(3)16-19)26-25(29)30-17-28-23-12-8-6-10-20(23)21-11-7-9-13-24(21)28/h6,8,10,12,14-16H,4-5,7,9,11,13,17H2,1-3H3,(H,26,29). The van der Waals surface area contributed by atoms with Crippen molar-refractivity contribution in [3.8, 4) is 0 Å². The highest BCUT2D eigenvalue weighted by atomic mass is 16.6. The molecule has 0 aliphatic heterocycles. The summed E-state index contributed by atoms with van der Waals surface area (Å²) in [7, 11) is 0. The average molecular weight is 406 g/mol. The lowest BCUT2D eigenvalue weighted by molar-refractivity contribution is 0.128. The van der Waals surface area contributed by atoms with Gasteiger partial charge < -0.3 is 14.2 Å². The van der Waals surface area contributed by atoms with Crippen LogP contribution in [0.2, 0.25) is 0 Å². The van der Waals surface area contributed by atoms with Gasteiger partial charge in [0.05, 0.1) is 5.52 Å². The Hall–Kier alpha value is -2.95. The van der Waals surface area contributed by atoms with E-state index in [1.807, 2.05) is 25.1 Å². The number of amides is 1. The maximum absolute atomic E-state index is 12.5. The van der Waals surface area contributed by atoms with E-state index >= 15 is 0 Å². The van der Waals surface area contributed by atoms with Crippen LogP contribution in [-0.4, -0.2) is 23.7 Å². The Morgan fingerprint density at radius 2 is 1.87 bits per heavy atom. The molecule has 1 heterocycles. The van der Waals surface area contributed by atoms with Crippen LogP contribution in [0.5, 0.6) is 0 Å². The normalized spacial score (nSPS) is 13.2. The molecule has 0 fully saturated rings. The topological polar surface area (TPSA) is 46.5 Å². The third-order valence-electron chi connectivity index (χ3n) is 6.18. The number of aryl methyl sites for hydroxylation is 2. The van der Waals surface area contributed by atoms with Crippen LogP contribution in [-0.2, 0) is 24.3 Å². The third kappa shape index (κ3) is 3.89. The fraction of sp³-hybridized carbons (Fsp3) is 0.400.